The maximum Gasteiger partial charge on any atom is 0.222 e. The molecule has 4 heteroatoms. The largest absolute Gasteiger partial charge is 0.349 e. The van der Waals surface area contributed by atoms with Gasteiger partial charge in [0, 0.05) is 31.4 Å². The Labute approximate surface area is 114 Å². The predicted octanol–water partition coefficient (Wildman–Crippen LogP) is 2.90. The molecule has 18 heavy (non-hydrogen) atoms. The van der Waals surface area contributed by atoms with Crippen LogP contribution in [0.1, 0.15) is 37.6 Å². The summed E-state index contributed by atoms with van der Waals surface area (Å²) in [5.41, 5.74) is 0. The molecule has 0 aromatic carbocycles. The van der Waals surface area contributed by atoms with Crippen molar-refractivity contribution in [1.82, 2.24) is 10.2 Å². The lowest BCUT2D eigenvalue weighted by atomic mass is 10.0. The third kappa shape index (κ3) is 4.78. The molecule has 102 valence electrons. The molecule has 0 aliphatic carbocycles. The SMILES string of the molecule is CC(C)C(NCCCC(=O)N(C)C)c1cccs1. The Morgan fingerprint density at radius 1 is 1.44 bits per heavy atom. The van der Waals surface area contributed by atoms with Gasteiger partial charge in [-0.15, -0.1) is 11.3 Å². The van der Waals surface area contributed by atoms with E-state index in [1.807, 2.05) is 0 Å². The van der Waals surface area contributed by atoms with Gasteiger partial charge in [0.25, 0.3) is 0 Å². The van der Waals surface area contributed by atoms with Crippen molar-refractivity contribution in [2.75, 3.05) is 20.6 Å². The van der Waals surface area contributed by atoms with E-state index in [-0.39, 0.29) is 5.91 Å². The van der Waals surface area contributed by atoms with Crippen molar-refractivity contribution in [3.05, 3.63) is 22.4 Å². The summed E-state index contributed by atoms with van der Waals surface area (Å²) in [6.45, 7) is 5.34. The Balaban J connectivity index is 2.34. The minimum Gasteiger partial charge on any atom is -0.349 e. The average molecular weight is 268 g/mol. The first-order chi connectivity index (χ1) is 8.52. The van der Waals surface area contributed by atoms with Crippen LogP contribution < -0.4 is 5.32 Å². The molecular weight excluding hydrogens is 244 g/mol. The Kier molecular flexibility index (Phi) is 6.36. The molecule has 1 aromatic heterocycles. The summed E-state index contributed by atoms with van der Waals surface area (Å²) >= 11 is 1.79. The topological polar surface area (TPSA) is 32.3 Å². The van der Waals surface area contributed by atoms with Gasteiger partial charge in [0.05, 0.1) is 0 Å². The molecule has 0 aliphatic rings. The second kappa shape index (κ2) is 7.54. The third-order valence-corrected chi connectivity index (χ3v) is 3.90. The molecule has 1 amide bonds. The Morgan fingerprint density at radius 2 is 2.17 bits per heavy atom. The van der Waals surface area contributed by atoms with E-state index in [4.69, 9.17) is 0 Å². The molecule has 0 radical (unpaired) electrons. The van der Waals surface area contributed by atoms with Gasteiger partial charge in [-0.2, -0.15) is 0 Å². The summed E-state index contributed by atoms with van der Waals surface area (Å²) in [6.07, 6.45) is 1.51. The summed E-state index contributed by atoms with van der Waals surface area (Å²) in [5, 5.41) is 5.67. The molecule has 0 aliphatic heterocycles. The number of carbonyl (C=O) groups excluding carboxylic acids is 1. The van der Waals surface area contributed by atoms with Gasteiger partial charge in [-0.25, -0.2) is 0 Å². The Bertz CT molecular complexity index is 347. The standard InChI is InChI=1S/C14H24N2OS/c1-11(2)14(12-7-6-10-18-12)15-9-5-8-13(17)16(3)4/h6-7,10-11,14-15H,5,8-9H2,1-4H3. The second-order valence-corrected chi connectivity index (χ2v) is 6.06. The van der Waals surface area contributed by atoms with Gasteiger partial charge in [-0.05, 0) is 30.3 Å². The Morgan fingerprint density at radius 3 is 2.67 bits per heavy atom. The third-order valence-electron chi connectivity index (χ3n) is 2.95. The number of carbonyl (C=O) groups is 1. The fraction of sp³-hybridized carbons (Fsp3) is 0.643. The van der Waals surface area contributed by atoms with Gasteiger partial charge >= 0.3 is 0 Å². The summed E-state index contributed by atoms with van der Waals surface area (Å²) < 4.78 is 0. The molecule has 3 nitrogen and oxygen atoms in total. The highest BCUT2D eigenvalue weighted by Gasteiger charge is 2.15. The van der Waals surface area contributed by atoms with Crippen LogP contribution >= 0.6 is 11.3 Å². The monoisotopic (exact) mass is 268 g/mol. The second-order valence-electron chi connectivity index (χ2n) is 5.08. The number of hydrogen-bond donors (Lipinski definition) is 1. The fourth-order valence-electron chi connectivity index (χ4n) is 1.85. The Hall–Kier alpha value is -0.870. The maximum absolute atomic E-state index is 11.5. The van der Waals surface area contributed by atoms with Crippen molar-refractivity contribution in [1.29, 1.82) is 0 Å². The lowest BCUT2D eigenvalue weighted by Crippen LogP contribution is -2.27. The van der Waals surface area contributed by atoms with E-state index < -0.39 is 0 Å². The van der Waals surface area contributed by atoms with Crippen molar-refractivity contribution in [2.45, 2.75) is 32.7 Å². The van der Waals surface area contributed by atoms with Crippen molar-refractivity contribution in [3.8, 4) is 0 Å². The van der Waals surface area contributed by atoms with Crippen LogP contribution in [0.4, 0.5) is 0 Å². The number of amides is 1. The van der Waals surface area contributed by atoms with Gasteiger partial charge in [0.2, 0.25) is 5.91 Å². The molecule has 1 unspecified atom stereocenters. The molecule has 1 rings (SSSR count). The van der Waals surface area contributed by atoms with Gasteiger partial charge < -0.3 is 10.2 Å². The molecule has 0 bridgehead atoms. The zero-order valence-electron chi connectivity index (χ0n) is 11.8. The normalized spacial score (nSPS) is 12.7. The number of thiophene rings is 1. The van der Waals surface area contributed by atoms with E-state index in [2.05, 4.69) is 36.7 Å². The van der Waals surface area contributed by atoms with E-state index in [1.54, 1.807) is 30.3 Å². The van der Waals surface area contributed by atoms with Crippen LogP contribution in [0.15, 0.2) is 17.5 Å². The smallest absolute Gasteiger partial charge is 0.222 e. The highest BCUT2D eigenvalue weighted by molar-refractivity contribution is 7.10. The van der Waals surface area contributed by atoms with Crippen LogP contribution in [0.3, 0.4) is 0 Å². The van der Waals surface area contributed by atoms with Crippen molar-refractivity contribution < 1.29 is 4.79 Å². The van der Waals surface area contributed by atoms with Gasteiger partial charge in [0.15, 0.2) is 0 Å². The molecule has 1 aromatic rings. The highest BCUT2D eigenvalue weighted by atomic mass is 32.1. The predicted molar refractivity (Wildman–Crippen MR) is 77.8 cm³/mol. The minimum absolute atomic E-state index is 0.203. The highest BCUT2D eigenvalue weighted by Crippen LogP contribution is 2.25. The minimum atomic E-state index is 0.203. The first kappa shape index (κ1) is 15.2. The van der Waals surface area contributed by atoms with Gasteiger partial charge in [-0.1, -0.05) is 19.9 Å². The maximum atomic E-state index is 11.5. The van der Waals surface area contributed by atoms with E-state index in [0.717, 1.165) is 13.0 Å². The van der Waals surface area contributed by atoms with Crippen LogP contribution in [0, 0.1) is 5.92 Å². The first-order valence-electron chi connectivity index (χ1n) is 6.49. The van der Waals surface area contributed by atoms with E-state index in [9.17, 15) is 4.79 Å². The number of rotatable bonds is 7. The summed E-state index contributed by atoms with van der Waals surface area (Å²) in [7, 11) is 3.61. The molecule has 1 heterocycles. The fourth-order valence-corrected chi connectivity index (χ4v) is 2.83. The lowest BCUT2D eigenvalue weighted by Gasteiger charge is -2.21. The van der Waals surface area contributed by atoms with E-state index >= 15 is 0 Å². The van der Waals surface area contributed by atoms with Gasteiger partial charge in [0.1, 0.15) is 0 Å². The van der Waals surface area contributed by atoms with Crippen LogP contribution in [0.25, 0.3) is 0 Å². The van der Waals surface area contributed by atoms with Crippen LogP contribution in [0.2, 0.25) is 0 Å². The van der Waals surface area contributed by atoms with Crippen LogP contribution in [0.5, 0.6) is 0 Å². The molecule has 1 N–H and O–H groups in total. The summed E-state index contributed by atoms with van der Waals surface area (Å²) in [5.74, 6) is 0.766. The van der Waals surface area contributed by atoms with Crippen molar-refractivity contribution in [3.63, 3.8) is 0 Å². The van der Waals surface area contributed by atoms with Crippen molar-refractivity contribution in [2.24, 2.45) is 5.92 Å². The van der Waals surface area contributed by atoms with Crippen molar-refractivity contribution >= 4 is 17.2 Å². The average Bonchev–Trinajstić information content (AvgIpc) is 2.81. The molecule has 0 saturated heterocycles. The summed E-state index contributed by atoms with van der Waals surface area (Å²) in [6, 6.07) is 4.67. The van der Waals surface area contributed by atoms with E-state index in [1.165, 1.54) is 4.88 Å². The molecule has 0 fully saturated rings. The summed E-state index contributed by atoms with van der Waals surface area (Å²) in [4.78, 5) is 14.5. The van der Waals surface area contributed by atoms with Crippen LogP contribution in [-0.4, -0.2) is 31.4 Å². The zero-order valence-corrected chi connectivity index (χ0v) is 12.6. The number of hydrogen-bond acceptors (Lipinski definition) is 3. The molecular formula is C14H24N2OS. The quantitative estimate of drug-likeness (QED) is 0.771. The zero-order chi connectivity index (χ0) is 13.5. The van der Waals surface area contributed by atoms with E-state index in [0.29, 0.717) is 18.4 Å². The lowest BCUT2D eigenvalue weighted by molar-refractivity contribution is -0.128. The molecule has 1 atom stereocenters. The van der Waals surface area contributed by atoms with Gasteiger partial charge in [-0.3, -0.25) is 4.79 Å². The first-order valence-corrected chi connectivity index (χ1v) is 7.37. The number of nitrogens with one attached hydrogen (secondary N) is 1. The molecule has 0 spiro atoms. The number of nitrogens with zero attached hydrogens (tertiary/aromatic N) is 1. The van der Waals surface area contributed by atoms with Crippen LogP contribution in [-0.2, 0) is 4.79 Å². The molecule has 0 saturated carbocycles.